The van der Waals surface area contributed by atoms with Gasteiger partial charge in [0.25, 0.3) is 0 Å². The predicted molar refractivity (Wildman–Crippen MR) is 150 cm³/mol. The van der Waals surface area contributed by atoms with E-state index < -0.39 is 6.04 Å². The van der Waals surface area contributed by atoms with Gasteiger partial charge in [0.1, 0.15) is 6.04 Å². The van der Waals surface area contributed by atoms with E-state index in [1.54, 1.807) is 23.1 Å². The van der Waals surface area contributed by atoms with Crippen LogP contribution < -0.4 is 5.32 Å². The normalized spacial score (nSPS) is 11.7. The first-order valence-corrected chi connectivity index (χ1v) is 14.0. The zero-order valence-corrected chi connectivity index (χ0v) is 23.3. The van der Waals surface area contributed by atoms with Crippen molar-refractivity contribution in [3.63, 3.8) is 0 Å². The van der Waals surface area contributed by atoms with Gasteiger partial charge in [-0.05, 0) is 42.3 Å². The first kappa shape index (κ1) is 27.6. The summed E-state index contributed by atoms with van der Waals surface area (Å²) in [6, 6.07) is 22.2. The number of thioether (sulfide) groups is 1. The highest BCUT2D eigenvalue weighted by atomic mass is 79.9. The van der Waals surface area contributed by atoms with Crippen molar-refractivity contribution in [2.45, 2.75) is 31.7 Å². The Bertz CT molecular complexity index is 1110. The van der Waals surface area contributed by atoms with Gasteiger partial charge in [-0.3, -0.25) is 9.59 Å². The number of rotatable bonds is 11. The number of carbonyl (C=O) groups is 2. The molecule has 0 bridgehead atoms. The molecule has 3 aromatic rings. The van der Waals surface area contributed by atoms with Crippen LogP contribution in [0.1, 0.15) is 23.6 Å². The topological polar surface area (TPSA) is 49.4 Å². The Morgan fingerprint density at radius 1 is 0.943 bits per heavy atom. The molecular weight excluding hydrogens is 567 g/mol. The van der Waals surface area contributed by atoms with Gasteiger partial charge < -0.3 is 10.2 Å². The van der Waals surface area contributed by atoms with Crippen LogP contribution in [0.25, 0.3) is 0 Å². The zero-order chi connectivity index (χ0) is 25.2. The summed E-state index contributed by atoms with van der Waals surface area (Å²) in [5, 5.41) is 3.82. The Hall–Kier alpha value is -1.99. The van der Waals surface area contributed by atoms with Crippen molar-refractivity contribution >= 4 is 62.7 Å². The maximum Gasteiger partial charge on any atom is 0.243 e. The minimum Gasteiger partial charge on any atom is -0.355 e. The molecule has 8 heteroatoms. The highest BCUT2D eigenvalue weighted by molar-refractivity contribution is 9.10. The van der Waals surface area contributed by atoms with Crippen LogP contribution in [0.5, 0.6) is 0 Å². The molecule has 1 atom stereocenters. The second-order valence-electron chi connectivity index (χ2n) is 7.94. The second-order valence-corrected chi connectivity index (χ2v) is 10.7. The summed E-state index contributed by atoms with van der Waals surface area (Å²) in [5.74, 6) is 0.564. The quantitative estimate of drug-likeness (QED) is 0.267. The van der Waals surface area contributed by atoms with Crippen LogP contribution in [-0.2, 0) is 28.3 Å². The van der Waals surface area contributed by atoms with Crippen molar-refractivity contribution in [2.24, 2.45) is 0 Å². The van der Waals surface area contributed by atoms with Gasteiger partial charge >= 0.3 is 0 Å². The molecule has 3 rings (SSSR count). The van der Waals surface area contributed by atoms with Crippen molar-refractivity contribution in [1.82, 2.24) is 10.2 Å². The van der Waals surface area contributed by atoms with Gasteiger partial charge in [0, 0.05) is 45.3 Å². The van der Waals surface area contributed by atoms with E-state index in [2.05, 4.69) is 21.2 Å². The minimum atomic E-state index is -0.703. The van der Waals surface area contributed by atoms with Crippen molar-refractivity contribution in [3.8, 4) is 0 Å². The zero-order valence-electron chi connectivity index (χ0n) is 19.3. The highest BCUT2D eigenvalue weighted by Crippen LogP contribution is 2.28. The number of nitrogens with zero attached hydrogens (tertiary/aromatic N) is 1. The Labute approximate surface area is 229 Å². The van der Waals surface area contributed by atoms with Crippen LogP contribution in [0.4, 0.5) is 0 Å². The predicted octanol–water partition coefficient (Wildman–Crippen LogP) is 6.77. The van der Waals surface area contributed by atoms with Crippen molar-refractivity contribution < 1.29 is 9.59 Å². The van der Waals surface area contributed by atoms with E-state index in [0.717, 1.165) is 15.6 Å². The van der Waals surface area contributed by atoms with Gasteiger partial charge in [0.05, 0.1) is 5.75 Å². The number of halogens is 3. The molecule has 0 heterocycles. The van der Waals surface area contributed by atoms with E-state index in [1.807, 2.05) is 61.5 Å². The Morgan fingerprint density at radius 2 is 1.60 bits per heavy atom. The van der Waals surface area contributed by atoms with E-state index in [0.29, 0.717) is 34.3 Å². The molecule has 0 aliphatic carbocycles. The molecule has 0 fully saturated rings. The number of amides is 2. The summed E-state index contributed by atoms with van der Waals surface area (Å²) >= 11 is 17.9. The Balaban J connectivity index is 1.86. The monoisotopic (exact) mass is 592 g/mol. The van der Waals surface area contributed by atoms with Crippen molar-refractivity contribution in [2.75, 3.05) is 12.3 Å². The number of hydrogen-bond donors (Lipinski definition) is 1. The standard InChI is InChI=1S/C27H27BrCl2N2O2S/c1-2-31-27(34)25(15-19-7-4-3-5-8-19)32(16-22-23(29)9-6-10-24(22)30)26(33)18-35-17-20-11-13-21(28)14-12-20/h3-14,25H,2,15-18H2,1H3,(H,31,34)/t25-/m1/s1. The van der Waals surface area contributed by atoms with Gasteiger partial charge in [0.2, 0.25) is 11.8 Å². The van der Waals surface area contributed by atoms with Gasteiger partial charge in [-0.2, -0.15) is 0 Å². The smallest absolute Gasteiger partial charge is 0.243 e. The SMILES string of the molecule is CCNC(=O)[C@@H](Cc1ccccc1)N(Cc1c(Cl)cccc1Cl)C(=O)CSCc1ccc(Br)cc1. The molecule has 0 spiro atoms. The lowest BCUT2D eigenvalue weighted by atomic mass is 10.0. The van der Waals surface area contributed by atoms with Crippen molar-refractivity contribution in [1.29, 1.82) is 0 Å². The number of nitrogens with one attached hydrogen (secondary N) is 1. The molecule has 1 N–H and O–H groups in total. The lowest BCUT2D eigenvalue weighted by molar-refractivity contribution is -0.139. The molecule has 0 saturated carbocycles. The van der Waals surface area contributed by atoms with Gasteiger partial charge in [-0.25, -0.2) is 0 Å². The third-order valence-corrected chi connectivity index (χ3v) is 7.65. The summed E-state index contributed by atoms with van der Waals surface area (Å²) in [4.78, 5) is 28.4. The molecule has 0 aliphatic heterocycles. The molecule has 2 amide bonds. The molecule has 4 nitrogen and oxygen atoms in total. The summed E-state index contributed by atoms with van der Waals surface area (Å²) in [7, 11) is 0. The summed E-state index contributed by atoms with van der Waals surface area (Å²) in [6.45, 7) is 2.48. The third-order valence-electron chi connectivity index (χ3n) is 5.42. The third kappa shape index (κ3) is 8.28. The van der Waals surface area contributed by atoms with Crippen LogP contribution in [-0.4, -0.2) is 35.1 Å². The molecule has 0 unspecified atom stereocenters. The fourth-order valence-electron chi connectivity index (χ4n) is 3.62. The molecule has 184 valence electrons. The van der Waals surface area contributed by atoms with Gasteiger partial charge in [-0.1, -0.05) is 87.7 Å². The van der Waals surface area contributed by atoms with Crippen LogP contribution in [0.2, 0.25) is 10.0 Å². The summed E-state index contributed by atoms with van der Waals surface area (Å²) < 4.78 is 1.01. The fourth-order valence-corrected chi connectivity index (χ4v) is 5.27. The first-order valence-electron chi connectivity index (χ1n) is 11.2. The number of benzene rings is 3. The number of hydrogen-bond acceptors (Lipinski definition) is 3. The molecule has 0 radical (unpaired) electrons. The minimum absolute atomic E-state index is 0.143. The van der Waals surface area contributed by atoms with Gasteiger partial charge in [-0.15, -0.1) is 11.8 Å². The molecule has 3 aromatic carbocycles. The average molecular weight is 594 g/mol. The molecule has 0 aliphatic rings. The maximum absolute atomic E-state index is 13.6. The maximum atomic E-state index is 13.6. The molecule has 0 saturated heterocycles. The average Bonchev–Trinajstić information content (AvgIpc) is 2.85. The second kappa shape index (κ2) is 13.9. The largest absolute Gasteiger partial charge is 0.355 e. The van der Waals surface area contributed by atoms with E-state index in [1.165, 1.54) is 11.8 Å². The summed E-state index contributed by atoms with van der Waals surface area (Å²) in [6.07, 6.45) is 0.387. The van der Waals surface area contributed by atoms with Gasteiger partial charge in [0.15, 0.2) is 0 Å². The lowest BCUT2D eigenvalue weighted by Crippen LogP contribution is -2.51. The van der Waals surface area contributed by atoms with E-state index in [9.17, 15) is 9.59 Å². The first-order chi connectivity index (χ1) is 16.9. The Morgan fingerprint density at radius 3 is 2.23 bits per heavy atom. The van der Waals surface area contributed by atoms with Crippen molar-refractivity contribution in [3.05, 3.63) is 104 Å². The van der Waals surface area contributed by atoms with Crippen LogP contribution >= 0.6 is 50.9 Å². The lowest BCUT2D eigenvalue weighted by Gasteiger charge is -2.32. The highest BCUT2D eigenvalue weighted by Gasteiger charge is 2.31. The van der Waals surface area contributed by atoms with Crippen LogP contribution in [0.15, 0.2) is 77.3 Å². The van der Waals surface area contributed by atoms with E-state index >= 15 is 0 Å². The van der Waals surface area contributed by atoms with Crippen LogP contribution in [0, 0.1) is 0 Å². The van der Waals surface area contributed by atoms with Crippen LogP contribution in [0.3, 0.4) is 0 Å². The van der Waals surface area contributed by atoms with E-state index in [4.69, 9.17) is 23.2 Å². The number of carbonyl (C=O) groups excluding carboxylic acids is 2. The summed E-state index contributed by atoms with van der Waals surface area (Å²) in [5.41, 5.74) is 2.72. The van der Waals surface area contributed by atoms with E-state index in [-0.39, 0.29) is 24.1 Å². The fraction of sp³-hybridized carbons (Fsp3) is 0.259. The Kier molecular flexibility index (Phi) is 11.0. The molecular formula is C27H27BrCl2N2O2S. The number of likely N-dealkylation sites (N-methyl/N-ethyl adjacent to an activating group) is 1. The molecule has 35 heavy (non-hydrogen) atoms. The molecule has 0 aromatic heterocycles.